The Morgan fingerprint density at radius 3 is 2.64 bits per heavy atom. The van der Waals surface area contributed by atoms with Crippen molar-refractivity contribution in [2.24, 2.45) is 0 Å². The summed E-state index contributed by atoms with van der Waals surface area (Å²) < 4.78 is 37.2. The molecule has 14 heavy (non-hydrogen) atoms. The number of rotatable bonds is 2. The largest absolute Gasteiger partial charge is 0.398 e. The second-order valence-corrected chi connectivity index (χ2v) is 2.54. The van der Waals surface area contributed by atoms with Gasteiger partial charge < -0.3 is 5.73 Å². The van der Waals surface area contributed by atoms with Crippen molar-refractivity contribution in [2.75, 3.05) is 5.73 Å². The Morgan fingerprint density at radius 2 is 2.21 bits per heavy atom. The molecule has 0 atom stereocenters. The molecule has 0 aliphatic carbocycles. The normalized spacial score (nSPS) is 10.2. The molecule has 0 fully saturated rings. The molecule has 0 aliphatic rings. The van der Waals surface area contributed by atoms with E-state index >= 15 is 0 Å². The molecule has 0 amide bonds. The minimum Gasteiger partial charge on any atom is -0.398 e. The van der Waals surface area contributed by atoms with Crippen molar-refractivity contribution in [1.29, 1.82) is 5.26 Å². The SMILES string of the molecule is N#CCc1c(N)cc(C(F)F)nc1F. The molecule has 0 bridgehead atoms. The summed E-state index contributed by atoms with van der Waals surface area (Å²) in [6.07, 6.45) is -3.16. The van der Waals surface area contributed by atoms with Crippen LogP contribution >= 0.6 is 0 Å². The Bertz CT molecular complexity index is 361. The maximum atomic E-state index is 13.0. The number of aromatic nitrogens is 1. The fraction of sp³-hybridized carbons (Fsp3) is 0.250. The number of nitrogen functional groups attached to an aromatic ring is 1. The van der Waals surface area contributed by atoms with Crippen molar-refractivity contribution in [2.45, 2.75) is 12.8 Å². The summed E-state index contributed by atoms with van der Waals surface area (Å²) in [7, 11) is 0. The summed E-state index contributed by atoms with van der Waals surface area (Å²) in [5, 5.41) is 8.30. The van der Waals surface area contributed by atoms with E-state index in [1.165, 1.54) is 0 Å². The summed E-state index contributed by atoms with van der Waals surface area (Å²) in [4.78, 5) is 3.00. The minimum absolute atomic E-state index is 0.142. The van der Waals surface area contributed by atoms with Crippen molar-refractivity contribution in [3.8, 4) is 6.07 Å². The van der Waals surface area contributed by atoms with Crippen molar-refractivity contribution < 1.29 is 13.2 Å². The van der Waals surface area contributed by atoms with Gasteiger partial charge in [-0.25, -0.2) is 13.8 Å². The highest BCUT2D eigenvalue weighted by molar-refractivity contribution is 5.48. The van der Waals surface area contributed by atoms with Crippen molar-refractivity contribution in [3.63, 3.8) is 0 Å². The highest BCUT2D eigenvalue weighted by Gasteiger charge is 2.15. The van der Waals surface area contributed by atoms with Gasteiger partial charge in [0, 0.05) is 11.3 Å². The molecule has 0 saturated heterocycles. The van der Waals surface area contributed by atoms with Crippen LogP contribution in [0.4, 0.5) is 18.9 Å². The first-order valence-corrected chi connectivity index (χ1v) is 3.66. The zero-order valence-electron chi connectivity index (χ0n) is 6.97. The topological polar surface area (TPSA) is 62.7 Å². The molecule has 2 N–H and O–H groups in total. The van der Waals surface area contributed by atoms with Crippen LogP contribution < -0.4 is 5.73 Å². The fourth-order valence-corrected chi connectivity index (χ4v) is 0.944. The lowest BCUT2D eigenvalue weighted by Crippen LogP contribution is -2.04. The van der Waals surface area contributed by atoms with Crippen LogP contribution in [0, 0.1) is 17.3 Å². The first-order valence-electron chi connectivity index (χ1n) is 3.66. The van der Waals surface area contributed by atoms with Crippen LogP contribution in [-0.4, -0.2) is 4.98 Å². The third-order valence-corrected chi connectivity index (χ3v) is 1.61. The number of nitrogens with two attached hydrogens (primary N) is 1. The van der Waals surface area contributed by atoms with Crippen LogP contribution in [0.15, 0.2) is 6.07 Å². The number of nitrogens with zero attached hydrogens (tertiary/aromatic N) is 2. The molecule has 6 heteroatoms. The quantitative estimate of drug-likeness (QED) is 0.742. The highest BCUT2D eigenvalue weighted by Crippen LogP contribution is 2.23. The molecule has 3 nitrogen and oxygen atoms in total. The van der Waals surface area contributed by atoms with E-state index in [0.29, 0.717) is 0 Å². The Kier molecular flexibility index (Phi) is 2.92. The van der Waals surface area contributed by atoms with E-state index in [1.807, 2.05) is 0 Å². The van der Waals surface area contributed by atoms with Gasteiger partial charge >= 0.3 is 0 Å². The van der Waals surface area contributed by atoms with Crippen molar-refractivity contribution in [3.05, 3.63) is 23.3 Å². The first kappa shape index (κ1) is 10.3. The van der Waals surface area contributed by atoms with Gasteiger partial charge in [-0.2, -0.15) is 9.65 Å². The molecule has 0 aromatic carbocycles. The number of hydrogen-bond donors (Lipinski definition) is 1. The Balaban J connectivity index is 3.19. The second-order valence-electron chi connectivity index (χ2n) is 2.54. The highest BCUT2D eigenvalue weighted by atomic mass is 19.3. The fourth-order valence-electron chi connectivity index (χ4n) is 0.944. The molecular formula is C8H6F3N3. The van der Waals surface area contributed by atoms with Gasteiger partial charge in [0.25, 0.3) is 6.43 Å². The smallest absolute Gasteiger partial charge is 0.280 e. The molecular weight excluding hydrogens is 195 g/mol. The van der Waals surface area contributed by atoms with E-state index in [2.05, 4.69) is 4.98 Å². The molecule has 1 aromatic rings. The predicted molar refractivity (Wildman–Crippen MR) is 42.9 cm³/mol. The summed E-state index contributed by atoms with van der Waals surface area (Å²) in [6, 6.07) is 2.54. The Labute approximate surface area is 78.0 Å². The number of anilines is 1. The molecule has 0 aliphatic heterocycles. The van der Waals surface area contributed by atoms with E-state index in [-0.39, 0.29) is 17.7 Å². The van der Waals surface area contributed by atoms with Gasteiger partial charge in [-0.15, -0.1) is 0 Å². The number of alkyl halides is 2. The molecule has 1 heterocycles. The molecule has 0 unspecified atom stereocenters. The standard InChI is InChI=1S/C8H6F3N3/c9-7(10)6-3-5(13)4(1-2-12)8(11)14-6/h3,7H,1H2,(H2,13,14). The summed E-state index contributed by atoms with van der Waals surface area (Å²) >= 11 is 0. The third-order valence-electron chi connectivity index (χ3n) is 1.61. The van der Waals surface area contributed by atoms with Crippen LogP contribution in [-0.2, 0) is 6.42 Å². The van der Waals surface area contributed by atoms with Gasteiger partial charge in [0.2, 0.25) is 5.95 Å². The van der Waals surface area contributed by atoms with Crippen LogP contribution in [0.5, 0.6) is 0 Å². The maximum Gasteiger partial charge on any atom is 0.280 e. The Morgan fingerprint density at radius 1 is 1.57 bits per heavy atom. The van der Waals surface area contributed by atoms with Gasteiger partial charge in [0.1, 0.15) is 5.69 Å². The molecule has 74 valence electrons. The number of nitriles is 1. The van der Waals surface area contributed by atoms with Crippen LogP contribution in [0.2, 0.25) is 0 Å². The average Bonchev–Trinajstić information content (AvgIpc) is 2.10. The predicted octanol–water partition coefficient (Wildman–Crippen LogP) is 1.81. The van der Waals surface area contributed by atoms with E-state index < -0.39 is 18.1 Å². The van der Waals surface area contributed by atoms with E-state index in [1.54, 1.807) is 6.07 Å². The zero-order chi connectivity index (χ0) is 10.7. The maximum absolute atomic E-state index is 13.0. The second kappa shape index (κ2) is 3.96. The van der Waals surface area contributed by atoms with Crippen LogP contribution in [0.25, 0.3) is 0 Å². The van der Waals surface area contributed by atoms with E-state index in [0.717, 1.165) is 6.07 Å². The summed E-state index contributed by atoms with van der Waals surface area (Å²) in [5.41, 5.74) is 4.25. The summed E-state index contributed by atoms with van der Waals surface area (Å²) in [6.45, 7) is 0. The monoisotopic (exact) mass is 201 g/mol. The van der Waals surface area contributed by atoms with Gasteiger partial charge in [-0.1, -0.05) is 0 Å². The molecule has 0 spiro atoms. The van der Waals surface area contributed by atoms with Gasteiger partial charge in [0.15, 0.2) is 0 Å². The minimum atomic E-state index is -2.87. The third kappa shape index (κ3) is 1.93. The zero-order valence-corrected chi connectivity index (χ0v) is 6.97. The van der Waals surface area contributed by atoms with Gasteiger partial charge in [0.05, 0.1) is 12.5 Å². The van der Waals surface area contributed by atoms with Gasteiger partial charge in [-0.05, 0) is 6.07 Å². The number of hydrogen-bond acceptors (Lipinski definition) is 3. The van der Waals surface area contributed by atoms with Gasteiger partial charge in [-0.3, -0.25) is 0 Å². The first-order chi connectivity index (χ1) is 6.56. The van der Waals surface area contributed by atoms with E-state index in [4.69, 9.17) is 11.0 Å². The van der Waals surface area contributed by atoms with E-state index in [9.17, 15) is 13.2 Å². The number of halogens is 3. The van der Waals surface area contributed by atoms with Crippen LogP contribution in [0.3, 0.4) is 0 Å². The lowest BCUT2D eigenvalue weighted by molar-refractivity contribution is 0.145. The lowest BCUT2D eigenvalue weighted by atomic mass is 10.1. The molecule has 1 aromatic heterocycles. The average molecular weight is 201 g/mol. The lowest BCUT2D eigenvalue weighted by Gasteiger charge is -2.05. The summed E-state index contributed by atoms with van der Waals surface area (Å²) in [5.74, 6) is -1.11. The van der Waals surface area contributed by atoms with Crippen LogP contribution in [0.1, 0.15) is 17.7 Å². The number of pyridine rings is 1. The van der Waals surface area contributed by atoms with Crippen molar-refractivity contribution >= 4 is 5.69 Å². The molecule has 0 radical (unpaired) electrons. The molecule has 1 rings (SSSR count). The Hall–Kier alpha value is -1.77. The van der Waals surface area contributed by atoms with Crippen molar-refractivity contribution in [1.82, 2.24) is 4.98 Å². The molecule has 0 saturated carbocycles.